The number of ether oxygens (including phenoxy) is 1. The lowest BCUT2D eigenvalue weighted by Crippen LogP contribution is -2.18. The summed E-state index contributed by atoms with van der Waals surface area (Å²) in [7, 11) is 1.65. The highest BCUT2D eigenvalue weighted by Crippen LogP contribution is 2.36. The highest BCUT2D eigenvalue weighted by Gasteiger charge is 2.16. The molecular formula is C24H18N4O2S. The molecule has 152 valence electrons. The maximum Gasteiger partial charge on any atom is 0.252 e. The molecule has 6 nitrogen and oxygen atoms in total. The van der Waals surface area contributed by atoms with Crippen LogP contribution in [-0.4, -0.2) is 27.9 Å². The van der Waals surface area contributed by atoms with Gasteiger partial charge in [0.2, 0.25) is 0 Å². The monoisotopic (exact) mass is 426 g/mol. The largest absolute Gasteiger partial charge is 0.457 e. The molecule has 3 heterocycles. The second-order valence-electron chi connectivity index (χ2n) is 6.99. The summed E-state index contributed by atoms with van der Waals surface area (Å²) in [6, 6.07) is 15.3. The minimum absolute atomic E-state index is 0.0734. The molecule has 0 bridgehead atoms. The average molecular weight is 427 g/mol. The molecule has 0 saturated carbocycles. The third-order valence-electron chi connectivity index (χ3n) is 5.05. The van der Waals surface area contributed by atoms with Gasteiger partial charge in [-0.25, -0.2) is 9.97 Å². The van der Waals surface area contributed by atoms with Crippen molar-refractivity contribution >= 4 is 38.2 Å². The van der Waals surface area contributed by atoms with Crippen molar-refractivity contribution in [1.29, 1.82) is 0 Å². The summed E-state index contributed by atoms with van der Waals surface area (Å²) in [6.45, 7) is 1.96. The maximum atomic E-state index is 12.2. The molecule has 0 aliphatic heterocycles. The number of nitrogens with zero attached hydrogens (tertiary/aromatic N) is 3. The van der Waals surface area contributed by atoms with Crippen LogP contribution in [0.3, 0.4) is 0 Å². The molecule has 31 heavy (non-hydrogen) atoms. The summed E-state index contributed by atoms with van der Waals surface area (Å²) in [4.78, 5) is 26.3. The van der Waals surface area contributed by atoms with Crippen LogP contribution >= 0.6 is 11.3 Å². The number of amides is 1. The molecule has 0 spiro atoms. The van der Waals surface area contributed by atoms with E-state index in [-0.39, 0.29) is 5.91 Å². The zero-order valence-electron chi connectivity index (χ0n) is 16.9. The molecule has 1 amide bonds. The fraction of sp³-hybridized carbons (Fsp3) is 0.0833. The molecule has 0 radical (unpaired) electrons. The van der Waals surface area contributed by atoms with Gasteiger partial charge in [-0.05, 0) is 49.4 Å². The maximum absolute atomic E-state index is 12.2. The van der Waals surface area contributed by atoms with Crippen LogP contribution in [0.2, 0.25) is 0 Å². The van der Waals surface area contributed by atoms with Crippen LogP contribution in [0.4, 0.5) is 0 Å². The lowest BCUT2D eigenvalue weighted by molar-refractivity contribution is 0.0964. The van der Waals surface area contributed by atoms with Crippen LogP contribution in [0.15, 0.2) is 67.1 Å². The third-order valence-corrected chi connectivity index (χ3v) is 6.11. The van der Waals surface area contributed by atoms with Gasteiger partial charge in [-0.1, -0.05) is 6.07 Å². The van der Waals surface area contributed by atoms with E-state index in [2.05, 4.69) is 20.3 Å². The summed E-state index contributed by atoms with van der Waals surface area (Å²) in [5.41, 5.74) is 2.42. The van der Waals surface area contributed by atoms with Gasteiger partial charge in [0, 0.05) is 51.6 Å². The summed E-state index contributed by atoms with van der Waals surface area (Å²) in [5.74, 6) is 2.00. The number of carbonyl (C=O) groups is 1. The summed E-state index contributed by atoms with van der Waals surface area (Å²) >= 11 is 1.58. The quantitative estimate of drug-likeness (QED) is 0.418. The molecule has 3 aromatic heterocycles. The normalized spacial score (nSPS) is 11.0. The molecule has 5 aromatic rings. The van der Waals surface area contributed by atoms with Gasteiger partial charge < -0.3 is 10.1 Å². The molecule has 7 heteroatoms. The average Bonchev–Trinajstić information content (AvgIpc) is 3.14. The molecule has 1 N–H and O–H groups in total. The first-order valence-electron chi connectivity index (χ1n) is 9.73. The van der Waals surface area contributed by atoms with Crippen molar-refractivity contribution in [2.24, 2.45) is 0 Å². The smallest absolute Gasteiger partial charge is 0.252 e. The number of aromatic nitrogens is 3. The Bertz CT molecular complexity index is 1430. The second-order valence-corrected chi connectivity index (χ2v) is 8.24. The van der Waals surface area contributed by atoms with E-state index in [1.807, 2.05) is 49.4 Å². The standard InChI is InChI=1S/C24H18N4O2S/c1-14-22(24(29)25-2)18-7-5-16(13-21(18)31-14)30-20-8-11-26-19-12-15(4-6-17(19)20)23-27-9-3-10-28-23/h3-13H,1-2H3,(H,25,29). The third kappa shape index (κ3) is 3.49. The van der Waals surface area contributed by atoms with Gasteiger partial charge in [0.15, 0.2) is 5.82 Å². The zero-order valence-corrected chi connectivity index (χ0v) is 17.7. The summed E-state index contributed by atoms with van der Waals surface area (Å²) in [6.07, 6.45) is 5.17. The van der Waals surface area contributed by atoms with Crippen LogP contribution < -0.4 is 10.1 Å². The van der Waals surface area contributed by atoms with E-state index in [0.717, 1.165) is 37.0 Å². The predicted octanol–water partition coefficient (Wildman–Crippen LogP) is 5.37. The van der Waals surface area contributed by atoms with E-state index in [9.17, 15) is 4.79 Å². The first kappa shape index (κ1) is 19.1. The molecule has 0 aliphatic carbocycles. The lowest BCUT2D eigenvalue weighted by Gasteiger charge is -2.10. The highest BCUT2D eigenvalue weighted by molar-refractivity contribution is 7.19. The summed E-state index contributed by atoms with van der Waals surface area (Å²) in [5, 5.41) is 4.54. The molecule has 2 aromatic carbocycles. The molecule has 5 rings (SSSR count). The first-order valence-corrected chi connectivity index (χ1v) is 10.5. The van der Waals surface area contributed by atoms with Gasteiger partial charge in [-0.3, -0.25) is 9.78 Å². The van der Waals surface area contributed by atoms with Gasteiger partial charge in [0.1, 0.15) is 11.5 Å². The molecule has 0 fully saturated rings. The SMILES string of the molecule is CNC(=O)c1c(C)sc2cc(Oc3ccnc4cc(-c5ncccn5)ccc34)ccc12. The van der Waals surface area contributed by atoms with E-state index >= 15 is 0 Å². The van der Waals surface area contributed by atoms with E-state index in [1.165, 1.54) is 0 Å². The van der Waals surface area contributed by atoms with Gasteiger partial charge in [-0.15, -0.1) is 11.3 Å². The van der Waals surface area contributed by atoms with Crippen molar-refractivity contribution < 1.29 is 9.53 Å². The predicted molar refractivity (Wildman–Crippen MR) is 123 cm³/mol. The van der Waals surface area contributed by atoms with Gasteiger partial charge >= 0.3 is 0 Å². The minimum atomic E-state index is -0.0734. The Morgan fingerprint density at radius 2 is 1.77 bits per heavy atom. The molecular weight excluding hydrogens is 408 g/mol. The number of carbonyl (C=O) groups excluding carboxylic acids is 1. The van der Waals surface area contributed by atoms with Crippen molar-refractivity contribution in [1.82, 2.24) is 20.3 Å². The van der Waals surface area contributed by atoms with Crippen molar-refractivity contribution in [3.8, 4) is 22.9 Å². The number of fused-ring (bicyclic) bond motifs is 2. The molecule has 0 aliphatic rings. The Hall–Kier alpha value is -3.84. The number of benzene rings is 2. The highest BCUT2D eigenvalue weighted by atomic mass is 32.1. The number of rotatable bonds is 4. The Labute approximate surface area is 182 Å². The fourth-order valence-electron chi connectivity index (χ4n) is 3.60. The van der Waals surface area contributed by atoms with Crippen molar-refractivity contribution in [2.75, 3.05) is 7.05 Å². The lowest BCUT2D eigenvalue weighted by atomic mass is 10.1. The van der Waals surface area contributed by atoms with Gasteiger partial charge in [0.05, 0.1) is 11.1 Å². The number of hydrogen-bond donors (Lipinski definition) is 1. The second kappa shape index (κ2) is 7.77. The van der Waals surface area contributed by atoms with Crippen LogP contribution in [0.5, 0.6) is 11.5 Å². The van der Waals surface area contributed by atoms with E-state index < -0.39 is 0 Å². The molecule has 0 saturated heterocycles. The minimum Gasteiger partial charge on any atom is -0.457 e. The Kier molecular flexibility index (Phi) is 4.80. The van der Waals surface area contributed by atoms with Crippen LogP contribution in [0.1, 0.15) is 15.2 Å². The van der Waals surface area contributed by atoms with Crippen LogP contribution in [0, 0.1) is 6.92 Å². The van der Waals surface area contributed by atoms with Crippen molar-refractivity contribution in [3.63, 3.8) is 0 Å². The summed E-state index contributed by atoms with van der Waals surface area (Å²) < 4.78 is 7.23. The molecule has 0 unspecified atom stereocenters. The first-order chi connectivity index (χ1) is 15.1. The van der Waals surface area contributed by atoms with E-state index in [1.54, 1.807) is 43.0 Å². The fourth-order valence-corrected chi connectivity index (χ4v) is 4.68. The Morgan fingerprint density at radius 1 is 0.968 bits per heavy atom. The Balaban J connectivity index is 1.51. The van der Waals surface area contributed by atoms with Crippen LogP contribution in [0.25, 0.3) is 32.4 Å². The van der Waals surface area contributed by atoms with E-state index in [4.69, 9.17) is 4.74 Å². The zero-order chi connectivity index (χ0) is 21.4. The topological polar surface area (TPSA) is 77.0 Å². The van der Waals surface area contributed by atoms with Crippen molar-refractivity contribution in [3.05, 3.63) is 77.6 Å². The number of nitrogens with one attached hydrogen (secondary N) is 1. The van der Waals surface area contributed by atoms with Crippen LogP contribution in [-0.2, 0) is 0 Å². The van der Waals surface area contributed by atoms with Gasteiger partial charge in [-0.2, -0.15) is 0 Å². The molecule has 0 atom stereocenters. The van der Waals surface area contributed by atoms with Gasteiger partial charge in [0.25, 0.3) is 5.91 Å². The Morgan fingerprint density at radius 3 is 2.58 bits per heavy atom. The number of thiophene rings is 1. The number of pyridine rings is 1. The van der Waals surface area contributed by atoms with E-state index in [0.29, 0.717) is 17.3 Å². The number of aryl methyl sites for hydroxylation is 1. The van der Waals surface area contributed by atoms with Crippen molar-refractivity contribution in [2.45, 2.75) is 6.92 Å². The number of hydrogen-bond acceptors (Lipinski definition) is 6.